The van der Waals surface area contributed by atoms with Gasteiger partial charge in [0.05, 0.1) is 0 Å². The highest BCUT2D eigenvalue weighted by Gasteiger charge is 2.42. The average molecular weight is 301 g/mol. The molecule has 0 bridgehead atoms. The zero-order chi connectivity index (χ0) is 15.6. The molecule has 1 unspecified atom stereocenters. The van der Waals surface area contributed by atoms with Crippen molar-refractivity contribution in [1.29, 1.82) is 0 Å². The van der Waals surface area contributed by atoms with Crippen LogP contribution < -0.4 is 10.1 Å². The molecule has 1 fully saturated rings. The number of fused-ring (bicyclic) bond motifs is 1. The molecule has 0 aromatic heterocycles. The molecule has 2 nitrogen and oxygen atoms in total. The topological polar surface area (TPSA) is 21.3 Å². The Kier molecular flexibility index (Phi) is 4.77. The fourth-order valence-electron chi connectivity index (χ4n) is 4.01. The molecular weight excluding hydrogens is 270 g/mol. The van der Waals surface area contributed by atoms with E-state index in [9.17, 15) is 0 Å². The molecule has 2 aliphatic rings. The van der Waals surface area contributed by atoms with Gasteiger partial charge in [0.2, 0.25) is 0 Å². The maximum Gasteiger partial charge on any atom is 0.124 e. The molecule has 1 heterocycles. The van der Waals surface area contributed by atoms with Crippen LogP contribution in [0.4, 0.5) is 0 Å². The van der Waals surface area contributed by atoms with Gasteiger partial charge < -0.3 is 10.1 Å². The molecule has 2 heteroatoms. The van der Waals surface area contributed by atoms with Gasteiger partial charge in [-0.05, 0) is 56.2 Å². The summed E-state index contributed by atoms with van der Waals surface area (Å²) in [5.41, 5.74) is 2.92. The van der Waals surface area contributed by atoms with Crippen molar-refractivity contribution < 1.29 is 4.74 Å². The number of hydrogen-bond donors (Lipinski definition) is 1. The van der Waals surface area contributed by atoms with E-state index in [0.717, 1.165) is 18.7 Å². The third-order valence-corrected chi connectivity index (χ3v) is 5.41. The van der Waals surface area contributed by atoms with Crippen LogP contribution in [0.1, 0.15) is 88.8 Å². The number of rotatable bonds is 5. The smallest absolute Gasteiger partial charge is 0.124 e. The van der Waals surface area contributed by atoms with Crippen molar-refractivity contribution in [2.45, 2.75) is 83.3 Å². The van der Waals surface area contributed by atoms with Crippen molar-refractivity contribution in [1.82, 2.24) is 5.32 Å². The lowest BCUT2D eigenvalue weighted by Gasteiger charge is -2.40. The summed E-state index contributed by atoms with van der Waals surface area (Å²) in [6.07, 6.45) is 8.74. The molecule has 1 spiro atoms. The van der Waals surface area contributed by atoms with Gasteiger partial charge in [0, 0.05) is 18.0 Å². The zero-order valence-corrected chi connectivity index (χ0v) is 14.5. The first-order valence-electron chi connectivity index (χ1n) is 9.20. The van der Waals surface area contributed by atoms with Crippen molar-refractivity contribution in [2.75, 3.05) is 6.54 Å². The predicted molar refractivity (Wildman–Crippen MR) is 92.6 cm³/mol. The SMILES string of the molecule is CCCCNC1CC2(CCCC2)Oc2ccc(C(C)C)cc21. The van der Waals surface area contributed by atoms with Crippen molar-refractivity contribution >= 4 is 0 Å². The summed E-state index contributed by atoms with van der Waals surface area (Å²) in [5, 5.41) is 3.82. The summed E-state index contributed by atoms with van der Waals surface area (Å²) >= 11 is 0. The summed E-state index contributed by atoms with van der Waals surface area (Å²) in [4.78, 5) is 0. The molecule has 1 aromatic carbocycles. The highest BCUT2D eigenvalue weighted by atomic mass is 16.5. The summed E-state index contributed by atoms with van der Waals surface area (Å²) in [7, 11) is 0. The lowest BCUT2D eigenvalue weighted by molar-refractivity contribution is 0.0367. The second-order valence-corrected chi connectivity index (χ2v) is 7.51. The van der Waals surface area contributed by atoms with Crippen molar-refractivity contribution in [3.8, 4) is 5.75 Å². The second kappa shape index (κ2) is 6.62. The van der Waals surface area contributed by atoms with Gasteiger partial charge in [0.25, 0.3) is 0 Å². The van der Waals surface area contributed by atoms with Crippen LogP contribution in [-0.4, -0.2) is 12.1 Å². The van der Waals surface area contributed by atoms with Gasteiger partial charge in [-0.15, -0.1) is 0 Å². The normalized spacial score (nSPS) is 22.8. The number of benzene rings is 1. The van der Waals surface area contributed by atoms with Gasteiger partial charge in [0.15, 0.2) is 0 Å². The van der Waals surface area contributed by atoms with Gasteiger partial charge in [-0.1, -0.05) is 39.3 Å². The van der Waals surface area contributed by atoms with Gasteiger partial charge in [-0.2, -0.15) is 0 Å². The molecule has 3 rings (SSSR count). The van der Waals surface area contributed by atoms with Crippen LogP contribution in [0.3, 0.4) is 0 Å². The predicted octanol–water partition coefficient (Wildman–Crippen LogP) is 5.34. The Morgan fingerprint density at radius 2 is 2.05 bits per heavy atom. The fourth-order valence-corrected chi connectivity index (χ4v) is 4.01. The maximum atomic E-state index is 6.51. The standard InChI is InChI=1S/C20H31NO/c1-4-5-12-21-18-14-20(10-6-7-11-20)22-19-9-8-16(15(2)3)13-17(18)19/h8-9,13,15,18,21H,4-7,10-12,14H2,1-3H3. The third-order valence-electron chi connectivity index (χ3n) is 5.41. The van der Waals surface area contributed by atoms with Gasteiger partial charge >= 0.3 is 0 Å². The number of ether oxygens (including phenoxy) is 1. The van der Waals surface area contributed by atoms with E-state index in [-0.39, 0.29) is 5.60 Å². The Labute approximate surface area is 135 Å². The molecule has 1 saturated carbocycles. The molecule has 122 valence electrons. The van der Waals surface area contributed by atoms with Crippen LogP contribution in [0.15, 0.2) is 18.2 Å². The lowest BCUT2D eigenvalue weighted by atomic mass is 9.84. The van der Waals surface area contributed by atoms with E-state index < -0.39 is 0 Å². The fraction of sp³-hybridized carbons (Fsp3) is 0.700. The molecule has 0 saturated heterocycles. The quantitative estimate of drug-likeness (QED) is 0.742. The lowest BCUT2D eigenvalue weighted by Crippen LogP contribution is -2.42. The Hall–Kier alpha value is -1.02. The van der Waals surface area contributed by atoms with E-state index in [1.54, 1.807) is 0 Å². The van der Waals surface area contributed by atoms with Crippen LogP contribution in [0.25, 0.3) is 0 Å². The molecule has 1 N–H and O–H groups in total. The minimum Gasteiger partial charge on any atom is -0.487 e. The van der Waals surface area contributed by atoms with E-state index in [1.165, 1.54) is 49.7 Å². The minimum absolute atomic E-state index is 0.107. The molecule has 1 atom stereocenters. The summed E-state index contributed by atoms with van der Waals surface area (Å²) in [6, 6.07) is 7.32. The van der Waals surface area contributed by atoms with E-state index >= 15 is 0 Å². The van der Waals surface area contributed by atoms with Crippen molar-refractivity contribution in [3.63, 3.8) is 0 Å². The molecule has 22 heavy (non-hydrogen) atoms. The molecule has 1 aliphatic heterocycles. The first-order chi connectivity index (χ1) is 10.6. The summed E-state index contributed by atoms with van der Waals surface area (Å²) < 4.78 is 6.51. The molecule has 1 aromatic rings. The van der Waals surface area contributed by atoms with E-state index in [1.807, 2.05) is 0 Å². The molecule has 0 amide bonds. The first kappa shape index (κ1) is 15.9. The highest BCUT2D eigenvalue weighted by Crippen LogP contribution is 2.47. The van der Waals surface area contributed by atoms with Gasteiger partial charge in [-0.3, -0.25) is 0 Å². The zero-order valence-electron chi connectivity index (χ0n) is 14.5. The molecule has 0 radical (unpaired) electrons. The highest BCUT2D eigenvalue weighted by molar-refractivity contribution is 5.43. The third kappa shape index (κ3) is 3.17. The number of nitrogens with one attached hydrogen (secondary N) is 1. The Bertz CT molecular complexity index is 502. The van der Waals surface area contributed by atoms with Gasteiger partial charge in [-0.25, -0.2) is 0 Å². The Morgan fingerprint density at radius 3 is 2.73 bits per heavy atom. The Balaban J connectivity index is 1.88. The average Bonchev–Trinajstić information content (AvgIpc) is 2.94. The van der Waals surface area contributed by atoms with Crippen LogP contribution in [0, 0.1) is 0 Å². The monoisotopic (exact) mass is 301 g/mol. The second-order valence-electron chi connectivity index (χ2n) is 7.51. The minimum atomic E-state index is 0.107. The van der Waals surface area contributed by atoms with Crippen LogP contribution >= 0.6 is 0 Å². The Morgan fingerprint density at radius 1 is 1.27 bits per heavy atom. The van der Waals surface area contributed by atoms with Gasteiger partial charge in [0.1, 0.15) is 11.4 Å². The van der Waals surface area contributed by atoms with E-state index in [0.29, 0.717) is 12.0 Å². The van der Waals surface area contributed by atoms with Crippen LogP contribution in [0.2, 0.25) is 0 Å². The number of unbranched alkanes of at least 4 members (excludes halogenated alkanes) is 1. The maximum absolute atomic E-state index is 6.51. The van der Waals surface area contributed by atoms with Crippen molar-refractivity contribution in [3.05, 3.63) is 29.3 Å². The van der Waals surface area contributed by atoms with Crippen molar-refractivity contribution in [2.24, 2.45) is 0 Å². The van der Waals surface area contributed by atoms with E-state index in [4.69, 9.17) is 4.74 Å². The van der Waals surface area contributed by atoms with Crippen LogP contribution in [-0.2, 0) is 0 Å². The van der Waals surface area contributed by atoms with E-state index in [2.05, 4.69) is 44.3 Å². The molecular formula is C20H31NO. The first-order valence-corrected chi connectivity index (χ1v) is 9.20. The summed E-state index contributed by atoms with van der Waals surface area (Å²) in [6.45, 7) is 7.91. The van der Waals surface area contributed by atoms with Crippen LogP contribution in [0.5, 0.6) is 5.75 Å². The summed E-state index contributed by atoms with van der Waals surface area (Å²) in [5.74, 6) is 1.70. The molecule has 1 aliphatic carbocycles. The largest absolute Gasteiger partial charge is 0.487 e. The number of hydrogen-bond acceptors (Lipinski definition) is 2.